The van der Waals surface area contributed by atoms with Gasteiger partial charge in [0.05, 0.1) is 6.54 Å². The van der Waals surface area contributed by atoms with Gasteiger partial charge in [0.1, 0.15) is 5.78 Å². The predicted octanol–water partition coefficient (Wildman–Crippen LogP) is 0.385. The Morgan fingerprint density at radius 2 is 2.10 bits per heavy atom. The minimum absolute atomic E-state index is 0.151. The molecule has 0 saturated heterocycles. The monoisotopic (exact) mass is 142 g/mol. The van der Waals surface area contributed by atoms with Gasteiger partial charge in [0, 0.05) is 18.7 Å². The summed E-state index contributed by atoms with van der Waals surface area (Å²) in [5, 5.41) is 0. The molecule has 0 aliphatic carbocycles. The van der Waals surface area contributed by atoms with E-state index in [0.29, 0.717) is 19.5 Å². The molecule has 0 amide bonds. The van der Waals surface area contributed by atoms with Gasteiger partial charge in [-0.2, -0.15) is 0 Å². The Labute approximate surface area is 61.3 Å². The fourth-order valence-electron chi connectivity index (χ4n) is 0.672. The third-order valence-electron chi connectivity index (χ3n) is 1.02. The van der Waals surface area contributed by atoms with E-state index in [1.165, 1.54) is 0 Å². The van der Waals surface area contributed by atoms with Gasteiger partial charge in [0.2, 0.25) is 0 Å². The molecule has 0 spiro atoms. The number of Topliss-reactive ketones (excluding diaryl/α,β-unsaturated/α-hetero) is 1. The van der Waals surface area contributed by atoms with E-state index in [0.717, 1.165) is 5.71 Å². The first-order chi connectivity index (χ1) is 4.66. The van der Waals surface area contributed by atoms with Crippen molar-refractivity contribution in [2.24, 2.45) is 10.7 Å². The van der Waals surface area contributed by atoms with Crippen molar-refractivity contribution in [1.29, 1.82) is 0 Å². The maximum atomic E-state index is 10.5. The Balaban J connectivity index is 3.59. The highest BCUT2D eigenvalue weighted by atomic mass is 16.1. The minimum atomic E-state index is 0.151. The van der Waals surface area contributed by atoms with E-state index in [2.05, 4.69) is 4.99 Å². The van der Waals surface area contributed by atoms with Gasteiger partial charge in [-0.1, -0.05) is 0 Å². The number of hydrogen-bond donors (Lipinski definition) is 1. The fraction of sp³-hybridized carbons (Fsp3) is 0.714. The van der Waals surface area contributed by atoms with Gasteiger partial charge < -0.3 is 5.73 Å². The second kappa shape index (κ2) is 5.11. The standard InChI is InChI=1S/C7H14N2O/c1-6(5-7(2)10)9-4-3-8/h3-5,8H2,1-2H3. The van der Waals surface area contributed by atoms with Crippen LogP contribution in [0.1, 0.15) is 20.3 Å². The van der Waals surface area contributed by atoms with Crippen molar-refractivity contribution >= 4 is 11.5 Å². The zero-order chi connectivity index (χ0) is 7.98. The summed E-state index contributed by atoms with van der Waals surface area (Å²) in [7, 11) is 0. The zero-order valence-electron chi connectivity index (χ0n) is 6.55. The summed E-state index contributed by atoms with van der Waals surface area (Å²) in [5.74, 6) is 0.151. The molecule has 3 nitrogen and oxygen atoms in total. The van der Waals surface area contributed by atoms with E-state index in [4.69, 9.17) is 5.73 Å². The van der Waals surface area contributed by atoms with Crippen LogP contribution < -0.4 is 5.73 Å². The van der Waals surface area contributed by atoms with Gasteiger partial charge in [0.15, 0.2) is 0 Å². The molecule has 0 unspecified atom stereocenters. The van der Waals surface area contributed by atoms with Crippen molar-refractivity contribution in [3.05, 3.63) is 0 Å². The van der Waals surface area contributed by atoms with Crippen molar-refractivity contribution < 1.29 is 4.79 Å². The Hall–Kier alpha value is -0.700. The molecule has 0 aromatic carbocycles. The van der Waals surface area contributed by atoms with Crippen LogP contribution in [0, 0.1) is 0 Å². The Morgan fingerprint density at radius 3 is 2.50 bits per heavy atom. The maximum absolute atomic E-state index is 10.5. The number of hydrogen-bond acceptors (Lipinski definition) is 3. The van der Waals surface area contributed by atoms with Gasteiger partial charge in [-0.25, -0.2) is 0 Å². The lowest BCUT2D eigenvalue weighted by atomic mass is 10.2. The number of carbonyl (C=O) groups is 1. The van der Waals surface area contributed by atoms with E-state index in [9.17, 15) is 4.79 Å². The topological polar surface area (TPSA) is 55.5 Å². The highest BCUT2D eigenvalue weighted by molar-refractivity contribution is 5.99. The van der Waals surface area contributed by atoms with E-state index in [-0.39, 0.29) is 5.78 Å². The van der Waals surface area contributed by atoms with Crippen LogP contribution in [0.2, 0.25) is 0 Å². The van der Waals surface area contributed by atoms with Gasteiger partial charge in [0.25, 0.3) is 0 Å². The largest absolute Gasteiger partial charge is 0.329 e. The van der Waals surface area contributed by atoms with Crippen molar-refractivity contribution in [2.75, 3.05) is 13.1 Å². The second-order valence-corrected chi connectivity index (χ2v) is 2.28. The molecule has 0 aliphatic heterocycles. The average Bonchev–Trinajstić information content (AvgIpc) is 1.82. The van der Waals surface area contributed by atoms with Gasteiger partial charge >= 0.3 is 0 Å². The molecule has 0 radical (unpaired) electrons. The third kappa shape index (κ3) is 5.44. The molecule has 0 aliphatic rings. The predicted molar refractivity (Wildman–Crippen MR) is 42.3 cm³/mol. The van der Waals surface area contributed by atoms with Crippen LogP contribution in [-0.4, -0.2) is 24.6 Å². The number of carbonyl (C=O) groups excluding carboxylic acids is 1. The lowest BCUT2D eigenvalue weighted by Gasteiger charge is -1.94. The van der Waals surface area contributed by atoms with Crippen LogP contribution in [0.3, 0.4) is 0 Å². The molecule has 0 aromatic heterocycles. The smallest absolute Gasteiger partial charge is 0.135 e. The van der Waals surface area contributed by atoms with Crippen LogP contribution in [0.4, 0.5) is 0 Å². The molecular formula is C7H14N2O. The highest BCUT2D eigenvalue weighted by Gasteiger charge is 1.94. The Morgan fingerprint density at radius 1 is 1.50 bits per heavy atom. The summed E-state index contributed by atoms with van der Waals surface area (Å²) in [6.45, 7) is 4.58. The Bertz CT molecular complexity index is 141. The van der Waals surface area contributed by atoms with Gasteiger partial charge in [-0.15, -0.1) is 0 Å². The first-order valence-corrected chi connectivity index (χ1v) is 3.36. The third-order valence-corrected chi connectivity index (χ3v) is 1.02. The van der Waals surface area contributed by atoms with Crippen molar-refractivity contribution in [3.63, 3.8) is 0 Å². The highest BCUT2D eigenvalue weighted by Crippen LogP contribution is 1.86. The van der Waals surface area contributed by atoms with E-state index in [1.54, 1.807) is 6.92 Å². The maximum Gasteiger partial charge on any atom is 0.135 e. The van der Waals surface area contributed by atoms with Crippen LogP contribution in [-0.2, 0) is 4.79 Å². The van der Waals surface area contributed by atoms with Crippen molar-refractivity contribution in [3.8, 4) is 0 Å². The lowest BCUT2D eigenvalue weighted by molar-refractivity contribution is -0.115. The number of nitrogens with two attached hydrogens (primary N) is 1. The molecule has 0 bridgehead atoms. The van der Waals surface area contributed by atoms with Crippen LogP contribution in [0.15, 0.2) is 4.99 Å². The van der Waals surface area contributed by atoms with Crippen LogP contribution in [0.5, 0.6) is 0 Å². The fourth-order valence-corrected chi connectivity index (χ4v) is 0.672. The van der Waals surface area contributed by atoms with Gasteiger partial charge in [-0.05, 0) is 13.8 Å². The number of nitrogens with zero attached hydrogens (tertiary/aromatic N) is 1. The van der Waals surface area contributed by atoms with E-state index in [1.807, 2.05) is 6.92 Å². The summed E-state index contributed by atoms with van der Waals surface area (Å²) in [5.41, 5.74) is 6.09. The summed E-state index contributed by atoms with van der Waals surface area (Å²) >= 11 is 0. The van der Waals surface area contributed by atoms with Crippen molar-refractivity contribution in [2.45, 2.75) is 20.3 Å². The van der Waals surface area contributed by atoms with Gasteiger partial charge in [-0.3, -0.25) is 9.79 Å². The molecule has 0 fully saturated rings. The first-order valence-electron chi connectivity index (χ1n) is 3.36. The second-order valence-electron chi connectivity index (χ2n) is 2.28. The van der Waals surface area contributed by atoms with Crippen LogP contribution in [0.25, 0.3) is 0 Å². The molecule has 0 aromatic rings. The molecule has 10 heavy (non-hydrogen) atoms. The van der Waals surface area contributed by atoms with E-state index >= 15 is 0 Å². The summed E-state index contributed by atoms with van der Waals surface area (Å²) in [6, 6.07) is 0. The lowest BCUT2D eigenvalue weighted by Crippen LogP contribution is -2.06. The van der Waals surface area contributed by atoms with E-state index < -0.39 is 0 Å². The molecule has 0 saturated carbocycles. The molecular weight excluding hydrogens is 128 g/mol. The number of aliphatic imine (C=N–C) groups is 1. The SMILES string of the molecule is CC(=O)CC(C)=NCCN. The molecule has 0 rings (SSSR count). The summed E-state index contributed by atoms with van der Waals surface area (Å²) in [6.07, 6.45) is 0.458. The summed E-state index contributed by atoms with van der Waals surface area (Å²) in [4.78, 5) is 14.6. The normalized spacial score (nSPS) is 11.7. The minimum Gasteiger partial charge on any atom is -0.329 e. The van der Waals surface area contributed by atoms with Crippen LogP contribution >= 0.6 is 0 Å². The quantitative estimate of drug-likeness (QED) is 0.577. The Kier molecular flexibility index (Phi) is 4.76. The zero-order valence-corrected chi connectivity index (χ0v) is 6.55. The molecule has 2 N–H and O–H groups in total. The first kappa shape index (κ1) is 9.30. The molecule has 0 atom stereocenters. The van der Waals surface area contributed by atoms with Crippen molar-refractivity contribution in [1.82, 2.24) is 0 Å². The molecule has 3 heteroatoms. The molecule has 58 valence electrons. The molecule has 0 heterocycles. The summed E-state index contributed by atoms with van der Waals surface area (Å²) < 4.78 is 0. The number of rotatable bonds is 4. The average molecular weight is 142 g/mol. The number of ketones is 1.